The predicted molar refractivity (Wildman–Crippen MR) is 110 cm³/mol. The zero-order valence-corrected chi connectivity index (χ0v) is 16.4. The van der Waals surface area contributed by atoms with Crippen molar-refractivity contribution in [1.82, 2.24) is 0 Å². The van der Waals surface area contributed by atoms with E-state index >= 15 is 0 Å². The van der Waals surface area contributed by atoms with Gasteiger partial charge in [0.15, 0.2) is 11.6 Å². The van der Waals surface area contributed by atoms with Crippen molar-refractivity contribution in [2.24, 2.45) is 4.99 Å². The Morgan fingerprint density at radius 3 is 2.60 bits per heavy atom. The Balaban J connectivity index is 2.05. The molecule has 0 saturated carbocycles. The molecule has 0 aromatic heterocycles. The van der Waals surface area contributed by atoms with Crippen molar-refractivity contribution in [3.63, 3.8) is 0 Å². The van der Waals surface area contributed by atoms with Gasteiger partial charge in [0.1, 0.15) is 16.4 Å². The number of nitro benzene ring substituents is 1. The second kappa shape index (κ2) is 8.78. The Labute approximate surface area is 174 Å². The summed E-state index contributed by atoms with van der Waals surface area (Å²) in [6.45, 7) is 1.67. The highest BCUT2D eigenvalue weighted by Gasteiger charge is 2.33. The molecular formula is C20H15FN2O6S. The first-order valence-corrected chi connectivity index (χ1v) is 9.44. The van der Waals surface area contributed by atoms with Crippen LogP contribution < -0.4 is 0 Å². The zero-order chi connectivity index (χ0) is 21.8. The highest BCUT2D eigenvalue weighted by molar-refractivity contribution is 8.18. The number of aliphatic hydroxyl groups is 1. The third-order valence-corrected chi connectivity index (χ3v) is 4.99. The number of para-hydroxylation sites is 1. The lowest BCUT2D eigenvalue weighted by molar-refractivity contribution is -0.384. The normalized spacial score (nSPS) is 16.3. The molecule has 3 rings (SSSR count). The first-order chi connectivity index (χ1) is 14.3. The van der Waals surface area contributed by atoms with Crippen LogP contribution in [0, 0.1) is 15.9 Å². The fourth-order valence-corrected chi connectivity index (χ4v) is 3.57. The summed E-state index contributed by atoms with van der Waals surface area (Å²) in [5, 5.41) is 31.3. The van der Waals surface area contributed by atoms with Crippen molar-refractivity contribution in [3.05, 3.63) is 80.2 Å². The first kappa shape index (κ1) is 21.1. The molecule has 0 unspecified atom stereocenters. The molecule has 1 heterocycles. The highest BCUT2D eigenvalue weighted by Crippen LogP contribution is 2.41. The van der Waals surface area contributed by atoms with Crippen LogP contribution in [0.25, 0.3) is 6.08 Å². The summed E-state index contributed by atoms with van der Waals surface area (Å²) in [6.07, 6.45) is 1.32. The summed E-state index contributed by atoms with van der Waals surface area (Å²) in [5.74, 6) is -2.67. The minimum atomic E-state index is -0.832. The molecule has 2 aromatic rings. The lowest BCUT2D eigenvalue weighted by Gasteiger charge is -2.03. The zero-order valence-electron chi connectivity index (χ0n) is 15.5. The second-order valence-electron chi connectivity index (χ2n) is 5.92. The van der Waals surface area contributed by atoms with Gasteiger partial charge in [0.05, 0.1) is 22.1 Å². The fourth-order valence-electron chi connectivity index (χ4n) is 2.55. The Kier molecular flexibility index (Phi) is 6.17. The number of non-ortho nitro benzene ring substituents is 1. The van der Waals surface area contributed by atoms with Crippen LogP contribution in [0.3, 0.4) is 0 Å². The average Bonchev–Trinajstić information content (AvgIpc) is 3.01. The van der Waals surface area contributed by atoms with Crippen molar-refractivity contribution in [2.75, 3.05) is 6.61 Å². The maximum Gasteiger partial charge on any atom is 0.344 e. The topological polar surface area (TPSA) is 122 Å². The molecule has 30 heavy (non-hydrogen) atoms. The van der Waals surface area contributed by atoms with E-state index in [4.69, 9.17) is 4.74 Å². The van der Waals surface area contributed by atoms with Crippen molar-refractivity contribution in [1.29, 1.82) is 0 Å². The van der Waals surface area contributed by atoms with Crippen LogP contribution in [0.1, 0.15) is 12.5 Å². The maximum atomic E-state index is 13.6. The molecule has 8 nitrogen and oxygen atoms in total. The van der Waals surface area contributed by atoms with Crippen LogP contribution in [0.15, 0.2) is 63.7 Å². The van der Waals surface area contributed by atoms with E-state index in [-0.39, 0.29) is 33.4 Å². The van der Waals surface area contributed by atoms with Crippen LogP contribution >= 0.6 is 11.8 Å². The molecule has 2 aromatic carbocycles. The van der Waals surface area contributed by atoms with Gasteiger partial charge < -0.3 is 14.9 Å². The molecule has 0 amide bonds. The number of phenols is 1. The number of esters is 1. The molecule has 0 bridgehead atoms. The van der Waals surface area contributed by atoms with Gasteiger partial charge in [-0.3, -0.25) is 10.1 Å². The Bertz CT molecular complexity index is 1110. The van der Waals surface area contributed by atoms with Crippen molar-refractivity contribution < 1.29 is 29.1 Å². The molecule has 2 N–H and O–H groups in total. The minimum Gasteiger partial charge on any atom is -0.506 e. The molecule has 0 aliphatic carbocycles. The van der Waals surface area contributed by atoms with Crippen molar-refractivity contribution in [2.45, 2.75) is 6.92 Å². The Hall–Kier alpha value is -3.66. The third kappa shape index (κ3) is 4.33. The quantitative estimate of drug-likeness (QED) is 0.403. The summed E-state index contributed by atoms with van der Waals surface area (Å²) in [7, 11) is 0. The van der Waals surface area contributed by atoms with Gasteiger partial charge in [-0.05, 0) is 31.2 Å². The monoisotopic (exact) mass is 430 g/mol. The molecule has 154 valence electrons. The minimum absolute atomic E-state index is 0.0643. The number of nitrogens with zero attached hydrogens (tertiary/aromatic N) is 2. The number of benzene rings is 2. The van der Waals surface area contributed by atoms with Gasteiger partial charge in [-0.15, -0.1) is 0 Å². The lowest BCUT2D eigenvalue weighted by Crippen LogP contribution is -2.12. The van der Waals surface area contributed by atoms with Gasteiger partial charge in [0.25, 0.3) is 5.69 Å². The largest absolute Gasteiger partial charge is 0.506 e. The van der Waals surface area contributed by atoms with Crippen LogP contribution in [0.4, 0.5) is 15.8 Å². The summed E-state index contributed by atoms with van der Waals surface area (Å²) in [5.41, 5.74) is 0.0999. The molecule has 10 heteroatoms. The number of phenolic OH excluding ortho intramolecular Hbond substituents is 1. The SMILES string of the molecule is CCOC(=O)C1=C(O)C(=Cc2cccc(F)c2O)SC1=Nc1ccc([N+](=O)[O-])cc1. The second-order valence-corrected chi connectivity index (χ2v) is 6.95. The molecular weight excluding hydrogens is 415 g/mol. The van der Waals surface area contributed by atoms with E-state index in [0.717, 1.165) is 17.8 Å². The number of thioether (sulfide) groups is 1. The Morgan fingerprint density at radius 2 is 1.97 bits per heavy atom. The molecule has 0 fully saturated rings. The van der Waals surface area contributed by atoms with Gasteiger partial charge in [-0.1, -0.05) is 23.9 Å². The average molecular weight is 430 g/mol. The van der Waals surface area contributed by atoms with Gasteiger partial charge in [-0.25, -0.2) is 14.2 Å². The Morgan fingerprint density at radius 1 is 1.27 bits per heavy atom. The van der Waals surface area contributed by atoms with E-state index in [1.54, 1.807) is 6.92 Å². The van der Waals surface area contributed by atoms with E-state index in [2.05, 4.69) is 4.99 Å². The standard InChI is InChI=1S/C20H15FN2O6S/c1-2-29-20(26)16-18(25)15(10-11-4-3-5-14(21)17(11)24)30-19(16)22-12-6-8-13(9-7-12)23(27)28/h3-10,24-25H,2H2,1H3. The van der Waals surface area contributed by atoms with Crippen molar-refractivity contribution in [3.8, 4) is 5.75 Å². The van der Waals surface area contributed by atoms with E-state index in [1.807, 2.05) is 0 Å². The first-order valence-electron chi connectivity index (χ1n) is 8.63. The third-order valence-electron chi connectivity index (χ3n) is 3.97. The number of aliphatic hydroxyl groups excluding tert-OH is 1. The number of rotatable bonds is 5. The molecule has 1 aliphatic heterocycles. The van der Waals surface area contributed by atoms with Gasteiger partial charge in [-0.2, -0.15) is 0 Å². The van der Waals surface area contributed by atoms with E-state index < -0.39 is 28.2 Å². The number of nitro groups is 1. The number of aromatic hydroxyl groups is 1. The molecule has 0 spiro atoms. The molecule has 0 radical (unpaired) electrons. The lowest BCUT2D eigenvalue weighted by atomic mass is 10.1. The number of hydrogen-bond donors (Lipinski definition) is 2. The van der Waals surface area contributed by atoms with Crippen LogP contribution in [0.5, 0.6) is 5.75 Å². The number of ether oxygens (including phenoxy) is 1. The van der Waals surface area contributed by atoms with E-state index in [9.17, 15) is 29.5 Å². The van der Waals surface area contributed by atoms with Crippen LogP contribution in [-0.2, 0) is 9.53 Å². The number of carbonyl (C=O) groups is 1. The van der Waals surface area contributed by atoms with E-state index in [1.165, 1.54) is 42.5 Å². The van der Waals surface area contributed by atoms with Gasteiger partial charge in [0, 0.05) is 17.7 Å². The molecule has 0 saturated heterocycles. The van der Waals surface area contributed by atoms with Crippen LogP contribution in [-0.4, -0.2) is 32.8 Å². The summed E-state index contributed by atoms with van der Waals surface area (Å²) in [4.78, 5) is 27.0. The summed E-state index contributed by atoms with van der Waals surface area (Å²) < 4.78 is 18.6. The number of aliphatic imine (C=N–C) groups is 1. The fraction of sp³-hybridized carbons (Fsp3) is 0.100. The number of carbonyl (C=O) groups excluding carboxylic acids is 1. The summed E-state index contributed by atoms with van der Waals surface area (Å²) >= 11 is 0.915. The maximum absolute atomic E-state index is 13.6. The highest BCUT2D eigenvalue weighted by atomic mass is 32.2. The molecule has 1 aliphatic rings. The van der Waals surface area contributed by atoms with E-state index in [0.29, 0.717) is 5.69 Å². The molecule has 0 atom stereocenters. The smallest absolute Gasteiger partial charge is 0.344 e. The van der Waals surface area contributed by atoms with Crippen molar-refractivity contribution >= 4 is 40.2 Å². The predicted octanol–water partition coefficient (Wildman–Crippen LogP) is 4.63. The number of hydrogen-bond acceptors (Lipinski definition) is 8. The summed E-state index contributed by atoms with van der Waals surface area (Å²) in [6, 6.07) is 9.22. The number of halogens is 1. The van der Waals surface area contributed by atoms with Gasteiger partial charge in [0.2, 0.25) is 0 Å². The van der Waals surface area contributed by atoms with Gasteiger partial charge >= 0.3 is 5.97 Å². The van der Waals surface area contributed by atoms with Crippen LogP contribution in [0.2, 0.25) is 0 Å².